The molecule has 0 bridgehead atoms. The Bertz CT molecular complexity index is 905. The molecule has 5 rings (SSSR count). The molecule has 3 fully saturated rings. The highest BCUT2D eigenvalue weighted by Crippen LogP contribution is 2.37. The van der Waals surface area contributed by atoms with Gasteiger partial charge in [0.2, 0.25) is 0 Å². The summed E-state index contributed by atoms with van der Waals surface area (Å²) in [5, 5.41) is 15.5. The number of fused-ring (bicyclic) bond motifs is 1. The Morgan fingerprint density at radius 3 is 2.78 bits per heavy atom. The van der Waals surface area contributed by atoms with Gasteiger partial charge in [0.15, 0.2) is 0 Å². The van der Waals surface area contributed by atoms with E-state index in [0.29, 0.717) is 0 Å². The van der Waals surface area contributed by atoms with Crippen molar-refractivity contribution in [3.05, 3.63) is 35.4 Å². The molecule has 0 aliphatic carbocycles. The Morgan fingerprint density at radius 1 is 1.19 bits per heavy atom. The number of anilines is 1. The van der Waals surface area contributed by atoms with Crippen molar-refractivity contribution in [1.29, 1.82) is 0 Å². The van der Waals surface area contributed by atoms with Crippen LogP contribution in [-0.4, -0.2) is 73.6 Å². The number of nitrogens with zero attached hydrogens (tertiary/aromatic N) is 3. The number of hydrogen-bond acceptors (Lipinski definition) is 6. The number of hydrogen-bond donors (Lipinski definition) is 2. The van der Waals surface area contributed by atoms with Gasteiger partial charge in [-0.2, -0.15) is 0 Å². The van der Waals surface area contributed by atoms with Crippen molar-refractivity contribution in [1.82, 2.24) is 15.2 Å². The number of likely N-dealkylation sites (tertiary alicyclic amines) is 1. The molecule has 6 nitrogen and oxygen atoms in total. The maximum atomic E-state index is 10.8. The predicted molar refractivity (Wildman–Crippen MR) is 134 cm³/mol. The van der Waals surface area contributed by atoms with Gasteiger partial charge in [0, 0.05) is 49.1 Å². The van der Waals surface area contributed by atoms with Gasteiger partial charge >= 0.3 is 0 Å². The van der Waals surface area contributed by atoms with Crippen LogP contribution in [0.25, 0.3) is 10.9 Å². The molecule has 2 N–H and O–H groups in total. The molecule has 3 aliphatic heterocycles. The van der Waals surface area contributed by atoms with Gasteiger partial charge < -0.3 is 20.1 Å². The Morgan fingerprint density at radius 2 is 2.00 bits per heavy atom. The lowest BCUT2D eigenvalue weighted by molar-refractivity contribution is -0.0514. The number of aryl methyl sites for hydroxylation is 1. The van der Waals surface area contributed by atoms with E-state index in [2.05, 4.69) is 46.3 Å². The molecule has 1 aromatic carbocycles. The smallest absolute Gasteiger partial charge is 0.133 e. The Balaban J connectivity index is 0.00000144. The molecular formula is C24H36Cl2N4O2. The summed E-state index contributed by atoms with van der Waals surface area (Å²) >= 11 is 0. The lowest BCUT2D eigenvalue weighted by atomic mass is 9.72. The third kappa shape index (κ3) is 5.16. The first kappa shape index (κ1) is 25.5. The van der Waals surface area contributed by atoms with Gasteiger partial charge in [-0.1, -0.05) is 12.1 Å². The number of piperidine rings is 2. The van der Waals surface area contributed by atoms with Crippen LogP contribution in [0.5, 0.6) is 0 Å². The summed E-state index contributed by atoms with van der Waals surface area (Å²) in [6, 6.07) is 8.88. The van der Waals surface area contributed by atoms with Crippen molar-refractivity contribution in [2.75, 3.05) is 57.4 Å². The van der Waals surface area contributed by atoms with Gasteiger partial charge in [-0.15, -0.1) is 24.8 Å². The average Bonchev–Trinajstić information content (AvgIpc) is 2.76. The van der Waals surface area contributed by atoms with E-state index in [1.807, 2.05) is 0 Å². The first-order valence-corrected chi connectivity index (χ1v) is 11.5. The third-order valence-corrected chi connectivity index (χ3v) is 7.20. The minimum absolute atomic E-state index is 0. The number of ether oxygens (including phenoxy) is 1. The van der Waals surface area contributed by atoms with Crippen LogP contribution in [0, 0.1) is 12.3 Å². The third-order valence-electron chi connectivity index (χ3n) is 7.20. The van der Waals surface area contributed by atoms with E-state index in [9.17, 15) is 5.11 Å². The molecule has 0 radical (unpaired) electrons. The summed E-state index contributed by atoms with van der Waals surface area (Å²) in [7, 11) is 0. The second-order valence-electron chi connectivity index (χ2n) is 9.42. The highest BCUT2D eigenvalue weighted by atomic mass is 35.5. The summed E-state index contributed by atoms with van der Waals surface area (Å²) in [6.45, 7) is 10.2. The van der Waals surface area contributed by atoms with E-state index in [4.69, 9.17) is 9.72 Å². The summed E-state index contributed by atoms with van der Waals surface area (Å²) in [4.78, 5) is 10.1. The second kappa shape index (κ2) is 10.9. The number of aliphatic hydroxyl groups is 1. The molecule has 3 aliphatic rings. The number of pyridine rings is 1. The molecule has 3 saturated heterocycles. The van der Waals surface area contributed by atoms with Crippen molar-refractivity contribution < 1.29 is 9.84 Å². The Labute approximate surface area is 203 Å². The molecule has 1 spiro atoms. The molecular weight excluding hydrogens is 447 g/mol. The monoisotopic (exact) mass is 482 g/mol. The van der Waals surface area contributed by atoms with Gasteiger partial charge in [0.1, 0.15) is 5.82 Å². The number of aliphatic hydroxyl groups excluding tert-OH is 1. The topological polar surface area (TPSA) is 60.9 Å². The zero-order chi connectivity index (χ0) is 20.6. The molecule has 0 saturated carbocycles. The molecule has 2 aromatic rings. The number of morpholine rings is 1. The first-order valence-electron chi connectivity index (χ1n) is 11.5. The number of halogens is 2. The van der Waals surface area contributed by atoms with E-state index in [-0.39, 0.29) is 36.3 Å². The lowest BCUT2D eigenvalue weighted by Crippen LogP contribution is -2.57. The van der Waals surface area contributed by atoms with Gasteiger partial charge in [-0.05, 0) is 57.0 Å². The molecule has 2 atom stereocenters. The van der Waals surface area contributed by atoms with Gasteiger partial charge in [-0.25, -0.2) is 4.98 Å². The van der Waals surface area contributed by atoms with E-state index in [0.717, 1.165) is 89.6 Å². The molecule has 4 heterocycles. The maximum Gasteiger partial charge on any atom is 0.133 e. The first-order chi connectivity index (χ1) is 14.6. The quantitative estimate of drug-likeness (QED) is 0.700. The van der Waals surface area contributed by atoms with Crippen LogP contribution in [0.15, 0.2) is 24.3 Å². The number of nitrogens with one attached hydrogen (secondary N) is 1. The molecule has 1 aromatic heterocycles. The van der Waals surface area contributed by atoms with Gasteiger partial charge in [0.25, 0.3) is 0 Å². The SMILES string of the molecule is Cc1ccc2cc(CN3CCC[C@]4(CNCC[C@@H]4O)C3)c(N3CCOCC3)nc2c1.Cl.Cl. The number of benzene rings is 1. The van der Waals surface area contributed by atoms with E-state index < -0.39 is 0 Å². The van der Waals surface area contributed by atoms with E-state index >= 15 is 0 Å². The summed E-state index contributed by atoms with van der Waals surface area (Å²) in [5.41, 5.74) is 3.61. The summed E-state index contributed by atoms with van der Waals surface area (Å²) in [5.74, 6) is 1.11. The van der Waals surface area contributed by atoms with Crippen LogP contribution >= 0.6 is 24.8 Å². The summed E-state index contributed by atoms with van der Waals surface area (Å²) in [6.07, 6.45) is 2.93. The summed E-state index contributed by atoms with van der Waals surface area (Å²) < 4.78 is 5.59. The number of rotatable bonds is 3. The molecule has 178 valence electrons. The highest BCUT2D eigenvalue weighted by molar-refractivity contribution is 5.85. The van der Waals surface area contributed by atoms with Crippen molar-refractivity contribution in [2.24, 2.45) is 5.41 Å². The zero-order valence-corrected chi connectivity index (χ0v) is 20.5. The Hall–Kier alpha value is -1.15. The van der Waals surface area contributed by atoms with Crippen LogP contribution in [-0.2, 0) is 11.3 Å². The lowest BCUT2D eigenvalue weighted by Gasteiger charge is -2.48. The molecule has 8 heteroatoms. The number of aromatic nitrogens is 1. The van der Waals surface area contributed by atoms with Gasteiger partial charge in [-0.3, -0.25) is 4.90 Å². The maximum absolute atomic E-state index is 10.8. The van der Waals surface area contributed by atoms with Crippen molar-refractivity contribution in [3.63, 3.8) is 0 Å². The normalized spacial score (nSPS) is 26.6. The van der Waals surface area contributed by atoms with Gasteiger partial charge in [0.05, 0.1) is 24.8 Å². The highest BCUT2D eigenvalue weighted by Gasteiger charge is 2.43. The standard InChI is InChI=1S/C24H34N4O2.2ClH/c1-18-3-4-19-14-20(23(26-21(19)13-18)28-9-11-30-12-10-28)15-27-8-2-6-24(17-27)16-25-7-5-22(24)29;;/h3-4,13-14,22,25,29H,2,5-12,15-17H2,1H3;2*1H/t22-,24-;;/m0../s1. The molecule has 0 amide bonds. The minimum atomic E-state index is -0.196. The van der Waals surface area contributed by atoms with E-state index in [1.165, 1.54) is 16.5 Å². The predicted octanol–water partition coefficient (Wildman–Crippen LogP) is 3.16. The van der Waals surface area contributed by atoms with Crippen LogP contribution < -0.4 is 10.2 Å². The van der Waals surface area contributed by atoms with Crippen LogP contribution in [0.1, 0.15) is 30.4 Å². The fraction of sp³-hybridized carbons (Fsp3) is 0.625. The molecule has 0 unspecified atom stereocenters. The largest absolute Gasteiger partial charge is 0.392 e. The van der Waals surface area contributed by atoms with Crippen LogP contribution in [0.3, 0.4) is 0 Å². The fourth-order valence-corrected chi connectivity index (χ4v) is 5.53. The Kier molecular flexibility index (Phi) is 8.64. The zero-order valence-electron chi connectivity index (χ0n) is 18.9. The van der Waals surface area contributed by atoms with Crippen molar-refractivity contribution in [3.8, 4) is 0 Å². The molecule has 32 heavy (non-hydrogen) atoms. The average molecular weight is 483 g/mol. The van der Waals surface area contributed by atoms with E-state index in [1.54, 1.807) is 0 Å². The fourth-order valence-electron chi connectivity index (χ4n) is 5.53. The van der Waals surface area contributed by atoms with Crippen molar-refractivity contribution >= 4 is 41.5 Å². The minimum Gasteiger partial charge on any atom is -0.392 e. The second-order valence-corrected chi connectivity index (χ2v) is 9.42. The van der Waals surface area contributed by atoms with Crippen molar-refractivity contribution in [2.45, 2.75) is 38.8 Å². The van der Waals surface area contributed by atoms with Crippen LogP contribution in [0.2, 0.25) is 0 Å². The van der Waals surface area contributed by atoms with Crippen LogP contribution in [0.4, 0.5) is 5.82 Å².